The molecule has 8 nitrogen and oxygen atoms in total. The Hall–Kier alpha value is -2.90. The van der Waals surface area contributed by atoms with E-state index in [1.54, 1.807) is 19.1 Å². The maximum absolute atomic E-state index is 11.5. The van der Waals surface area contributed by atoms with Gasteiger partial charge in [-0.3, -0.25) is 4.79 Å². The van der Waals surface area contributed by atoms with Crippen molar-refractivity contribution in [3.63, 3.8) is 0 Å². The lowest BCUT2D eigenvalue weighted by Crippen LogP contribution is -2.14. The number of nitrogen functional groups attached to an aromatic ring is 1. The number of nitrogens with zero attached hydrogens (tertiary/aromatic N) is 3. The second-order valence-corrected chi connectivity index (χ2v) is 3.87. The summed E-state index contributed by atoms with van der Waals surface area (Å²) in [5, 5.41) is 3.93. The first-order valence-electron chi connectivity index (χ1n) is 5.81. The minimum Gasteiger partial charge on any atom is -0.462 e. The fourth-order valence-corrected chi connectivity index (χ4v) is 1.55. The smallest absolute Gasteiger partial charge is 0.339 e. The maximum Gasteiger partial charge on any atom is 0.339 e. The average Bonchev–Trinajstić information content (AvgIpc) is 2.81. The Kier molecular flexibility index (Phi) is 3.65. The molecule has 0 saturated heterocycles. The van der Waals surface area contributed by atoms with Crippen LogP contribution in [0.2, 0.25) is 0 Å². The molecule has 2 aromatic heterocycles. The normalized spacial score (nSPS) is 10.2. The van der Waals surface area contributed by atoms with E-state index in [4.69, 9.17) is 16.2 Å². The maximum atomic E-state index is 11.5. The molecule has 0 aliphatic carbocycles. The summed E-state index contributed by atoms with van der Waals surface area (Å²) in [5.41, 5.74) is 11.2. The Bertz CT molecular complexity index is 648. The van der Waals surface area contributed by atoms with Gasteiger partial charge in [-0.05, 0) is 19.1 Å². The summed E-state index contributed by atoms with van der Waals surface area (Å²) in [6.07, 6.45) is 2.78. The molecule has 20 heavy (non-hydrogen) atoms. The summed E-state index contributed by atoms with van der Waals surface area (Å²) in [6.45, 7) is 2.01. The molecule has 0 bridgehead atoms. The Labute approximate surface area is 114 Å². The van der Waals surface area contributed by atoms with Gasteiger partial charge in [0.15, 0.2) is 11.5 Å². The van der Waals surface area contributed by atoms with Gasteiger partial charge in [-0.15, -0.1) is 0 Å². The number of primary amides is 1. The Morgan fingerprint density at radius 1 is 1.40 bits per heavy atom. The van der Waals surface area contributed by atoms with Crippen molar-refractivity contribution in [3.05, 3.63) is 35.8 Å². The first-order chi connectivity index (χ1) is 9.52. The number of carbonyl (C=O) groups is 2. The van der Waals surface area contributed by atoms with Crippen molar-refractivity contribution in [1.29, 1.82) is 0 Å². The monoisotopic (exact) mass is 275 g/mol. The number of pyridine rings is 1. The topological polar surface area (TPSA) is 126 Å². The van der Waals surface area contributed by atoms with E-state index in [9.17, 15) is 9.59 Å². The Balaban J connectivity index is 2.28. The predicted molar refractivity (Wildman–Crippen MR) is 70.2 cm³/mol. The molecule has 0 spiro atoms. The van der Waals surface area contributed by atoms with Crippen LogP contribution in [0.5, 0.6) is 0 Å². The van der Waals surface area contributed by atoms with Crippen LogP contribution in [0.15, 0.2) is 24.5 Å². The molecule has 0 fully saturated rings. The number of aromatic nitrogens is 3. The third-order valence-corrected chi connectivity index (χ3v) is 2.47. The number of nitrogens with two attached hydrogens (primary N) is 2. The number of anilines is 1. The van der Waals surface area contributed by atoms with Gasteiger partial charge in [-0.25, -0.2) is 14.5 Å². The molecule has 2 rings (SSSR count). The predicted octanol–water partition coefficient (Wildman–Crippen LogP) is 0.125. The average molecular weight is 275 g/mol. The van der Waals surface area contributed by atoms with Crippen molar-refractivity contribution in [2.24, 2.45) is 5.73 Å². The van der Waals surface area contributed by atoms with E-state index in [0.29, 0.717) is 11.4 Å². The van der Waals surface area contributed by atoms with E-state index >= 15 is 0 Å². The summed E-state index contributed by atoms with van der Waals surface area (Å²) in [5.74, 6) is -0.772. The standard InChI is InChI=1S/C12H13N5O3/c1-2-20-12(19)7-3-4-9(15-5-7)17-6-8(13)10(16-17)11(14)18/h3-6H,2,13H2,1H3,(H2,14,18). The number of amides is 1. The third kappa shape index (κ3) is 2.58. The molecule has 0 aromatic carbocycles. The van der Waals surface area contributed by atoms with Gasteiger partial charge in [0, 0.05) is 6.20 Å². The van der Waals surface area contributed by atoms with Crippen LogP contribution in [0.25, 0.3) is 5.82 Å². The lowest BCUT2D eigenvalue weighted by atomic mass is 10.3. The number of hydrogen-bond donors (Lipinski definition) is 2. The fourth-order valence-electron chi connectivity index (χ4n) is 1.55. The lowest BCUT2D eigenvalue weighted by Gasteiger charge is -2.03. The van der Waals surface area contributed by atoms with Crippen LogP contribution in [0.4, 0.5) is 5.69 Å². The highest BCUT2D eigenvalue weighted by molar-refractivity contribution is 5.95. The zero-order chi connectivity index (χ0) is 14.7. The van der Waals surface area contributed by atoms with Gasteiger partial charge < -0.3 is 16.2 Å². The molecule has 0 saturated carbocycles. The summed E-state index contributed by atoms with van der Waals surface area (Å²) in [6, 6.07) is 3.10. The highest BCUT2D eigenvalue weighted by Crippen LogP contribution is 2.13. The molecule has 0 unspecified atom stereocenters. The molecular formula is C12H13N5O3. The van der Waals surface area contributed by atoms with E-state index in [1.807, 2.05) is 0 Å². The molecule has 0 aliphatic heterocycles. The van der Waals surface area contributed by atoms with E-state index in [1.165, 1.54) is 17.1 Å². The van der Waals surface area contributed by atoms with Crippen LogP contribution >= 0.6 is 0 Å². The minimum atomic E-state index is -0.718. The Morgan fingerprint density at radius 3 is 2.65 bits per heavy atom. The number of hydrogen-bond acceptors (Lipinski definition) is 6. The van der Waals surface area contributed by atoms with Gasteiger partial charge in [0.1, 0.15) is 0 Å². The van der Waals surface area contributed by atoms with Crippen LogP contribution in [0.3, 0.4) is 0 Å². The number of ether oxygens (including phenoxy) is 1. The van der Waals surface area contributed by atoms with Crippen molar-refractivity contribution in [1.82, 2.24) is 14.8 Å². The van der Waals surface area contributed by atoms with Gasteiger partial charge in [-0.1, -0.05) is 0 Å². The van der Waals surface area contributed by atoms with Crippen molar-refractivity contribution in [3.8, 4) is 5.82 Å². The second-order valence-electron chi connectivity index (χ2n) is 3.87. The summed E-state index contributed by atoms with van der Waals surface area (Å²) in [4.78, 5) is 26.6. The molecule has 1 amide bonds. The van der Waals surface area contributed by atoms with E-state index in [2.05, 4.69) is 10.1 Å². The summed E-state index contributed by atoms with van der Waals surface area (Å²) < 4.78 is 6.16. The lowest BCUT2D eigenvalue weighted by molar-refractivity contribution is 0.0525. The van der Waals surface area contributed by atoms with Gasteiger partial charge in [0.25, 0.3) is 5.91 Å². The zero-order valence-electron chi connectivity index (χ0n) is 10.7. The minimum absolute atomic E-state index is 0.0266. The quantitative estimate of drug-likeness (QED) is 0.763. The molecule has 4 N–H and O–H groups in total. The molecule has 0 aliphatic rings. The summed E-state index contributed by atoms with van der Waals surface area (Å²) in [7, 11) is 0. The van der Waals surface area contributed by atoms with E-state index < -0.39 is 11.9 Å². The number of esters is 1. The fraction of sp³-hybridized carbons (Fsp3) is 0.167. The number of carbonyl (C=O) groups excluding carboxylic acids is 2. The third-order valence-electron chi connectivity index (χ3n) is 2.47. The van der Waals surface area contributed by atoms with Crippen LogP contribution in [-0.2, 0) is 4.74 Å². The first-order valence-corrected chi connectivity index (χ1v) is 5.81. The second kappa shape index (κ2) is 5.39. The highest BCUT2D eigenvalue weighted by Gasteiger charge is 2.13. The van der Waals surface area contributed by atoms with Crippen molar-refractivity contribution in [2.45, 2.75) is 6.92 Å². The van der Waals surface area contributed by atoms with Crippen LogP contribution < -0.4 is 11.5 Å². The van der Waals surface area contributed by atoms with E-state index in [0.717, 1.165) is 0 Å². The highest BCUT2D eigenvalue weighted by atomic mass is 16.5. The van der Waals surface area contributed by atoms with Crippen LogP contribution in [0.1, 0.15) is 27.8 Å². The zero-order valence-corrected chi connectivity index (χ0v) is 10.7. The molecule has 2 heterocycles. The van der Waals surface area contributed by atoms with Gasteiger partial charge in [0.05, 0.1) is 24.1 Å². The largest absolute Gasteiger partial charge is 0.462 e. The molecule has 0 radical (unpaired) electrons. The molecule has 8 heteroatoms. The summed E-state index contributed by atoms with van der Waals surface area (Å²) >= 11 is 0. The van der Waals surface area contributed by atoms with Crippen molar-refractivity contribution in [2.75, 3.05) is 12.3 Å². The molecule has 0 atom stereocenters. The first kappa shape index (κ1) is 13.5. The van der Waals surface area contributed by atoms with Gasteiger partial charge >= 0.3 is 5.97 Å². The van der Waals surface area contributed by atoms with Gasteiger partial charge in [-0.2, -0.15) is 5.10 Å². The van der Waals surface area contributed by atoms with Crippen LogP contribution in [-0.4, -0.2) is 33.2 Å². The Morgan fingerprint density at radius 2 is 2.15 bits per heavy atom. The molecular weight excluding hydrogens is 262 g/mol. The SMILES string of the molecule is CCOC(=O)c1ccc(-n2cc(N)c(C(N)=O)n2)nc1. The number of rotatable bonds is 4. The van der Waals surface area contributed by atoms with Crippen molar-refractivity contribution < 1.29 is 14.3 Å². The molecule has 2 aromatic rings. The van der Waals surface area contributed by atoms with E-state index in [-0.39, 0.29) is 18.0 Å². The van der Waals surface area contributed by atoms with Gasteiger partial charge in [0.2, 0.25) is 0 Å². The van der Waals surface area contributed by atoms with Crippen molar-refractivity contribution >= 4 is 17.6 Å². The molecule has 104 valence electrons. The van der Waals surface area contributed by atoms with Crippen LogP contribution in [0, 0.1) is 0 Å².